The topological polar surface area (TPSA) is 51.2 Å². The van der Waals surface area contributed by atoms with Crippen LogP contribution in [0.5, 0.6) is 5.75 Å². The molecule has 6 heteroatoms. The Morgan fingerprint density at radius 2 is 1.81 bits per heavy atom. The number of benzene rings is 2. The Labute approximate surface area is 171 Å². The number of amides is 1. The van der Waals surface area contributed by atoms with Crippen molar-refractivity contribution < 1.29 is 9.53 Å². The van der Waals surface area contributed by atoms with Crippen LogP contribution in [0.1, 0.15) is 22.9 Å². The molecule has 0 unspecified atom stereocenters. The molecule has 1 aromatic heterocycles. The molecule has 0 fully saturated rings. The largest absolute Gasteiger partial charge is 0.483 e. The molecular formula is C21H21BrN2O2S. The van der Waals surface area contributed by atoms with E-state index in [1.54, 1.807) is 0 Å². The molecule has 0 saturated heterocycles. The molecule has 1 amide bonds. The van der Waals surface area contributed by atoms with E-state index in [1.807, 2.05) is 56.3 Å². The second kappa shape index (κ2) is 8.67. The summed E-state index contributed by atoms with van der Waals surface area (Å²) in [4.78, 5) is 18.1. The Hall–Kier alpha value is -2.18. The number of para-hydroxylation sites is 1. The van der Waals surface area contributed by atoms with Gasteiger partial charge in [0.25, 0.3) is 5.91 Å². The smallest absolute Gasteiger partial charge is 0.264 e. The number of aryl methyl sites for hydroxylation is 3. The van der Waals surface area contributed by atoms with E-state index in [0.717, 1.165) is 43.9 Å². The van der Waals surface area contributed by atoms with Crippen LogP contribution in [-0.4, -0.2) is 17.5 Å². The van der Waals surface area contributed by atoms with Crippen LogP contribution in [0.15, 0.2) is 46.9 Å². The second-order valence-corrected chi connectivity index (χ2v) is 8.21. The number of ether oxygens (including phenoxy) is 1. The van der Waals surface area contributed by atoms with Gasteiger partial charge in [0.05, 0.1) is 5.69 Å². The number of hydrogen-bond donors (Lipinski definition) is 1. The Morgan fingerprint density at radius 1 is 1.15 bits per heavy atom. The first kappa shape index (κ1) is 19.6. The van der Waals surface area contributed by atoms with Gasteiger partial charge in [0.1, 0.15) is 5.75 Å². The minimum absolute atomic E-state index is 0.0413. The van der Waals surface area contributed by atoms with Crippen LogP contribution in [0.3, 0.4) is 0 Å². The van der Waals surface area contributed by atoms with E-state index in [2.05, 4.69) is 33.2 Å². The molecule has 0 atom stereocenters. The molecule has 3 aromatic rings. The quantitative estimate of drug-likeness (QED) is 0.524. The Kier molecular flexibility index (Phi) is 6.29. The molecule has 0 radical (unpaired) electrons. The number of halogens is 1. The summed E-state index contributed by atoms with van der Waals surface area (Å²) in [6, 6.07) is 13.9. The zero-order valence-electron chi connectivity index (χ0n) is 15.5. The number of carbonyl (C=O) groups is 1. The predicted molar refractivity (Wildman–Crippen MR) is 115 cm³/mol. The fraction of sp³-hybridized carbons (Fsp3) is 0.238. The lowest BCUT2D eigenvalue weighted by molar-refractivity contribution is -0.118. The van der Waals surface area contributed by atoms with Gasteiger partial charge in [-0.05, 0) is 43.5 Å². The van der Waals surface area contributed by atoms with E-state index in [9.17, 15) is 4.79 Å². The second-order valence-electron chi connectivity index (χ2n) is 6.21. The molecule has 2 aromatic carbocycles. The van der Waals surface area contributed by atoms with E-state index in [1.165, 1.54) is 11.3 Å². The Morgan fingerprint density at radius 3 is 2.44 bits per heavy atom. The lowest BCUT2D eigenvalue weighted by Crippen LogP contribution is -2.20. The zero-order valence-corrected chi connectivity index (χ0v) is 17.9. The van der Waals surface area contributed by atoms with Crippen molar-refractivity contribution in [3.05, 3.63) is 62.9 Å². The lowest BCUT2D eigenvalue weighted by Gasteiger charge is -2.11. The molecular weight excluding hydrogens is 424 g/mol. The fourth-order valence-corrected chi connectivity index (χ4v) is 4.00. The van der Waals surface area contributed by atoms with Gasteiger partial charge in [0, 0.05) is 14.9 Å². The highest BCUT2D eigenvalue weighted by molar-refractivity contribution is 9.10. The number of hydrogen-bond acceptors (Lipinski definition) is 4. The normalized spacial score (nSPS) is 10.7. The van der Waals surface area contributed by atoms with Crippen molar-refractivity contribution in [2.24, 2.45) is 0 Å². The molecule has 0 bridgehead atoms. The highest BCUT2D eigenvalue weighted by Crippen LogP contribution is 2.32. The molecule has 140 valence electrons. The van der Waals surface area contributed by atoms with E-state index in [4.69, 9.17) is 4.74 Å². The lowest BCUT2D eigenvalue weighted by atomic mass is 10.1. The standard InChI is InChI=1S/C21H21BrN2O2S/c1-4-17-19(15-8-10-16(22)11-9-15)24-21(27-17)23-18(25)12-26-20-13(2)6-5-7-14(20)3/h5-11H,4,12H2,1-3H3,(H,23,24,25). The molecule has 0 spiro atoms. The van der Waals surface area contributed by atoms with Crippen molar-refractivity contribution in [2.45, 2.75) is 27.2 Å². The van der Waals surface area contributed by atoms with Crippen LogP contribution in [0, 0.1) is 13.8 Å². The van der Waals surface area contributed by atoms with Gasteiger partial charge in [-0.1, -0.05) is 53.2 Å². The van der Waals surface area contributed by atoms with Crippen molar-refractivity contribution in [2.75, 3.05) is 11.9 Å². The molecule has 4 nitrogen and oxygen atoms in total. The number of anilines is 1. The highest BCUT2D eigenvalue weighted by Gasteiger charge is 2.14. The van der Waals surface area contributed by atoms with Crippen molar-refractivity contribution >= 4 is 38.3 Å². The van der Waals surface area contributed by atoms with Crippen molar-refractivity contribution in [3.8, 4) is 17.0 Å². The Balaban J connectivity index is 1.70. The van der Waals surface area contributed by atoms with E-state index in [0.29, 0.717) is 5.13 Å². The Bertz CT molecular complexity index is 931. The number of thiazole rings is 1. The molecule has 0 aliphatic carbocycles. The van der Waals surface area contributed by atoms with Crippen LogP contribution in [0.25, 0.3) is 11.3 Å². The van der Waals surface area contributed by atoms with E-state index >= 15 is 0 Å². The SMILES string of the molecule is CCc1sc(NC(=O)COc2c(C)cccc2C)nc1-c1ccc(Br)cc1. The summed E-state index contributed by atoms with van der Waals surface area (Å²) in [7, 11) is 0. The van der Waals surface area contributed by atoms with E-state index < -0.39 is 0 Å². The van der Waals surface area contributed by atoms with Gasteiger partial charge in [0.2, 0.25) is 0 Å². The molecule has 0 saturated carbocycles. The summed E-state index contributed by atoms with van der Waals surface area (Å²) in [5, 5.41) is 3.46. The molecule has 0 aliphatic heterocycles. The highest BCUT2D eigenvalue weighted by atomic mass is 79.9. The van der Waals surface area contributed by atoms with Gasteiger partial charge >= 0.3 is 0 Å². The summed E-state index contributed by atoms with van der Waals surface area (Å²) in [5.74, 6) is 0.549. The molecule has 1 heterocycles. The van der Waals surface area contributed by atoms with E-state index in [-0.39, 0.29) is 12.5 Å². The third kappa shape index (κ3) is 4.76. The summed E-state index contributed by atoms with van der Waals surface area (Å²) in [5.41, 5.74) is 3.99. The van der Waals surface area contributed by atoms with Crippen molar-refractivity contribution in [1.29, 1.82) is 0 Å². The summed E-state index contributed by atoms with van der Waals surface area (Å²) < 4.78 is 6.75. The maximum atomic E-state index is 12.3. The average Bonchev–Trinajstić information content (AvgIpc) is 3.04. The third-order valence-electron chi connectivity index (χ3n) is 4.14. The van der Waals surface area contributed by atoms with Crippen LogP contribution in [-0.2, 0) is 11.2 Å². The maximum absolute atomic E-state index is 12.3. The first-order valence-electron chi connectivity index (χ1n) is 8.72. The van der Waals surface area contributed by atoms with Crippen LogP contribution in [0.4, 0.5) is 5.13 Å². The van der Waals surface area contributed by atoms with Gasteiger partial charge in [-0.2, -0.15) is 0 Å². The monoisotopic (exact) mass is 444 g/mol. The number of rotatable bonds is 6. The van der Waals surface area contributed by atoms with Gasteiger partial charge in [-0.25, -0.2) is 4.98 Å². The van der Waals surface area contributed by atoms with Gasteiger partial charge < -0.3 is 4.74 Å². The third-order valence-corrected chi connectivity index (χ3v) is 5.78. The zero-order chi connectivity index (χ0) is 19.4. The first-order valence-corrected chi connectivity index (χ1v) is 10.3. The predicted octanol–water partition coefficient (Wildman–Crippen LogP) is 5.77. The minimum Gasteiger partial charge on any atom is -0.483 e. The van der Waals surface area contributed by atoms with Crippen LogP contribution in [0.2, 0.25) is 0 Å². The van der Waals surface area contributed by atoms with Gasteiger partial charge in [-0.15, -0.1) is 11.3 Å². The average molecular weight is 445 g/mol. The molecule has 0 aliphatic rings. The summed E-state index contributed by atoms with van der Waals surface area (Å²) >= 11 is 4.95. The fourth-order valence-electron chi connectivity index (χ4n) is 2.80. The summed E-state index contributed by atoms with van der Waals surface area (Å²) in [6.07, 6.45) is 0.859. The number of nitrogens with one attached hydrogen (secondary N) is 1. The number of nitrogens with zero attached hydrogens (tertiary/aromatic N) is 1. The van der Waals surface area contributed by atoms with Gasteiger partial charge in [-0.3, -0.25) is 10.1 Å². The van der Waals surface area contributed by atoms with Crippen molar-refractivity contribution in [1.82, 2.24) is 4.98 Å². The molecule has 27 heavy (non-hydrogen) atoms. The molecule has 3 rings (SSSR count). The number of aromatic nitrogens is 1. The maximum Gasteiger partial charge on any atom is 0.264 e. The van der Waals surface area contributed by atoms with Crippen LogP contribution < -0.4 is 10.1 Å². The molecule has 1 N–H and O–H groups in total. The summed E-state index contributed by atoms with van der Waals surface area (Å²) in [6.45, 7) is 5.99. The van der Waals surface area contributed by atoms with Gasteiger partial charge in [0.15, 0.2) is 11.7 Å². The van der Waals surface area contributed by atoms with Crippen LogP contribution >= 0.6 is 27.3 Å². The number of carbonyl (C=O) groups excluding carboxylic acids is 1. The minimum atomic E-state index is -0.212. The first-order chi connectivity index (χ1) is 13.0. The van der Waals surface area contributed by atoms with Crippen molar-refractivity contribution in [3.63, 3.8) is 0 Å².